The third kappa shape index (κ3) is 3.96. The number of nitrogens with one attached hydrogen (secondary N) is 1. The maximum absolute atomic E-state index is 12.7. The van der Waals surface area contributed by atoms with Crippen LogP contribution in [-0.4, -0.2) is 25.9 Å². The second-order valence-electron chi connectivity index (χ2n) is 6.00. The molecule has 0 atom stereocenters. The minimum atomic E-state index is -4.09. The molecule has 0 unspecified atom stereocenters. The van der Waals surface area contributed by atoms with Crippen molar-refractivity contribution >= 4 is 38.0 Å². The molecule has 1 N–H and O–H groups in total. The van der Waals surface area contributed by atoms with Crippen LogP contribution in [0.25, 0.3) is 0 Å². The molecule has 2 aromatic rings. The van der Waals surface area contributed by atoms with Gasteiger partial charge in [-0.05, 0) is 44.2 Å². The first-order valence-electron chi connectivity index (χ1n) is 8.42. The number of sulfonamides is 1. The second-order valence-corrected chi connectivity index (χ2v) is 8.78. The van der Waals surface area contributed by atoms with Gasteiger partial charge in [-0.25, -0.2) is 13.2 Å². The molecule has 0 aliphatic heterocycles. The lowest BCUT2D eigenvalue weighted by molar-refractivity contribution is -0.385. The fraction of sp³-hybridized carbons (Fsp3) is 0.353. The number of rotatable bonds is 6. The van der Waals surface area contributed by atoms with Crippen molar-refractivity contribution in [2.45, 2.75) is 37.5 Å². The number of esters is 1. The SMILES string of the molecule is CCOC(=O)c1c(NS(=O)(=O)c2cccc([N+](=O)[O-])c2)sc2c1CCCC2. The number of carbonyl (C=O) groups excluding carboxylic acids is 1. The van der Waals surface area contributed by atoms with Crippen LogP contribution in [0.4, 0.5) is 10.7 Å². The third-order valence-electron chi connectivity index (χ3n) is 4.22. The Bertz CT molecular complexity index is 997. The molecular weight excluding hydrogens is 392 g/mol. The van der Waals surface area contributed by atoms with Crippen LogP contribution in [-0.2, 0) is 27.6 Å². The maximum atomic E-state index is 12.7. The van der Waals surface area contributed by atoms with Crippen LogP contribution >= 0.6 is 11.3 Å². The molecule has 0 radical (unpaired) electrons. The summed E-state index contributed by atoms with van der Waals surface area (Å²) in [6.07, 6.45) is 3.38. The van der Waals surface area contributed by atoms with Gasteiger partial charge in [0.05, 0.1) is 22.0 Å². The van der Waals surface area contributed by atoms with Crippen LogP contribution in [0.3, 0.4) is 0 Å². The Balaban J connectivity index is 2.01. The minimum absolute atomic E-state index is 0.181. The van der Waals surface area contributed by atoms with E-state index >= 15 is 0 Å². The fourth-order valence-corrected chi connectivity index (χ4v) is 5.62. The quantitative estimate of drug-likeness (QED) is 0.443. The van der Waals surface area contributed by atoms with Gasteiger partial charge in [0.1, 0.15) is 5.00 Å². The van der Waals surface area contributed by atoms with E-state index < -0.39 is 20.9 Å². The van der Waals surface area contributed by atoms with Crippen molar-refractivity contribution in [1.29, 1.82) is 0 Å². The lowest BCUT2D eigenvalue weighted by Gasteiger charge is -2.12. The molecule has 0 fully saturated rings. The van der Waals surface area contributed by atoms with Gasteiger partial charge in [-0.3, -0.25) is 14.8 Å². The summed E-state index contributed by atoms with van der Waals surface area (Å²) < 4.78 is 33.0. The molecule has 3 rings (SSSR count). The zero-order chi connectivity index (χ0) is 19.6. The number of benzene rings is 1. The largest absolute Gasteiger partial charge is 0.462 e. The van der Waals surface area contributed by atoms with Crippen molar-refractivity contribution in [1.82, 2.24) is 0 Å². The molecule has 1 heterocycles. The molecule has 1 aromatic heterocycles. The number of anilines is 1. The fourth-order valence-electron chi connectivity index (χ4n) is 3.00. The van der Waals surface area contributed by atoms with E-state index in [0.29, 0.717) is 6.42 Å². The van der Waals surface area contributed by atoms with E-state index in [1.165, 1.54) is 29.5 Å². The van der Waals surface area contributed by atoms with Crippen molar-refractivity contribution in [3.63, 3.8) is 0 Å². The van der Waals surface area contributed by atoms with Gasteiger partial charge in [-0.1, -0.05) is 6.07 Å². The summed E-state index contributed by atoms with van der Waals surface area (Å²) in [4.78, 5) is 23.4. The minimum Gasteiger partial charge on any atom is -0.462 e. The van der Waals surface area contributed by atoms with Gasteiger partial charge in [0, 0.05) is 17.0 Å². The summed E-state index contributed by atoms with van der Waals surface area (Å²) in [5, 5.41) is 11.1. The van der Waals surface area contributed by atoms with Crippen LogP contribution in [0, 0.1) is 10.1 Å². The van der Waals surface area contributed by atoms with Crippen LogP contribution < -0.4 is 4.72 Å². The molecule has 1 aromatic carbocycles. The number of thiophene rings is 1. The topological polar surface area (TPSA) is 116 Å². The van der Waals surface area contributed by atoms with Crippen molar-refractivity contribution in [2.75, 3.05) is 11.3 Å². The van der Waals surface area contributed by atoms with Gasteiger partial charge in [-0.15, -0.1) is 11.3 Å². The number of ether oxygens (including phenoxy) is 1. The predicted octanol–water partition coefficient (Wildman–Crippen LogP) is 3.51. The smallest absolute Gasteiger partial charge is 0.341 e. The van der Waals surface area contributed by atoms with Crippen molar-refractivity contribution in [3.05, 3.63) is 50.4 Å². The molecule has 27 heavy (non-hydrogen) atoms. The zero-order valence-corrected chi connectivity index (χ0v) is 16.2. The molecule has 0 saturated carbocycles. The average molecular weight is 410 g/mol. The lowest BCUT2D eigenvalue weighted by Crippen LogP contribution is -2.16. The van der Waals surface area contributed by atoms with E-state index in [1.807, 2.05) is 0 Å². The lowest BCUT2D eigenvalue weighted by atomic mass is 9.95. The normalized spacial score (nSPS) is 13.7. The van der Waals surface area contributed by atoms with E-state index in [9.17, 15) is 23.3 Å². The van der Waals surface area contributed by atoms with E-state index in [-0.39, 0.29) is 27.8 Å². The number of aryl methyl sites for hydroxylation is 1. The number of carbonyl (C=O) groups is 1. The van der Waals surface area contributed by atoms with Crippen molar-refractivity contribution < 1.29 is 22.9 Å². The highest BCUT2D eigenvalue weighted by Crippen LogP contribution is 2.39. The summed E-state index contributed by atoms with van der Waals surface area (Å²) in [6.45, 7) is 1.87. The summed E-state index contributed by atoms with van der Waals surface area (Å²) in [5.41, 5.74) is 0.765. The monoisotopic (exact) mass is 410 g/mol. The van der Waals surface area contributed by atoms with Crippen LogP contribution in [0.5, 0.6) is 0 Å². The Kier molecular flexibility index (Phi) is 5.47. The highest BCUT2D eigenvalue weighted by Gasteiger charge is 2.29. The Hall–Kier alpha value is -2.46. The third-order valence-corrected chi connectivity index (χ3v) is 6.90. The standard InChI is InChI=1S/C17H18N2O6S2/c1-2-25-17(20)15-13-8-3-4-9-14(13)26-16(15)18-27(23,24)12-7-5-6-11(10-12)19(21)22/h5-7,10,18H,2-4,8-9H2,1H3. The average Bonchev–Trinajstić information content (AvgIpc) is 2.99. The van der Waals surface area contributed by atoms with E-state index in [0.717, 1.165) is 35.8 Å². The molecule has 0 amide bonds. The number of nitro benzene ring substituents is 1. The van der Waals surface area contributed by atoms with E-state index in [2.05, 4.69) is 4.72 Å². The van der Waals surface area contributed by atoms with Gasteiger partial charge in [0.15, 0.2) is 0 Å². The molecule has 0 spiro atoms. The Morgan fingerprint density at radius 1 is 1.33 bits per heavy atom. The summed E-state index contributed by atoms with van der Waals surface area (Å²) in [6, 6.07) is 4.78. The molecule has 0 saturated heterocycles. The molecule has 1 aliphatic rings. The number of hydrogen-bond donors (Lipinski definition) is 1. The summed E-state index contributed by atoms with van der Waals surface area (Å²) in [5.74, 6) is -0.561. The summed E-state index contributed by atoms with van der Waals surface area (Å²) in [7, 11) is -4.09. The van der Waals surface area contributed by atoms with Crippen LogP contribution in [0.2, 0.25) is 0 Å². The van der Waals surface area contributed by atoms with Gasteiger partial charge in [0.2, 0.25) is 0 Å². The van der Waals surface area contributed by atoms with Gasteiger partial charge in [0.25, 0.3) is 15.7 Å². The van der Waals surface area contributed by atoms with Gasteiger partial charge in [-0.2, -0.15) is 0 Å². The van der Waals surface area contributed by atoms with Gasteiger partial charge >= 0.3 is 5.97 Å². The molecular formula is C17H18N2O6S2. The summed E-state index contributed by atoms with van der Waals surface area (Å²) >= 11 is 1.22. The first-order valence-corrected chi connectivity index (χ1v) is 10.7. The molecule has 144 valence electrons. The Morgan fingerprint density at radius 3 is 2.78 bits per heavy atom. The number of nitro groups is 1. The van der Waals surface area contributed by atoms with Crippen LogP contribution in [0.15, 0.2) is 29.2 Å². The Labute approximate surface area is 160 Å². The number of nitrogens with zero attached hydrogens (tertiary/aromatic N) is 1. The predicted molar refractivity (Wildman–Crippen MR) is 101 cm³/mol. The molecule has 10 heteroatoms. The van der Waals surface area contributed by atoms with Crippen LogP contribution in [0.1, 0.15) is 40.6 Å². The van der Waals surface area contributed by atoms with E-state index in [1.54, 1.807) is 6.92 Å². The zero-order valence-electron chi connectivity index (χ0n) is 14.6. The molecule has 0 bridgehead atoms. The van der Waals surface area contributed by atoms with Gasteiger partial charge < -0.3 is 4.74 Å². The Morgan fingerprint density at radius 2 is 2.07 bits per heavy atom. The number of hydrogen-bond acceptors (Lipinski definition) is 7. The highest BCUT2D eigenvalue weighted by atomic mass is 32.2. The number of non-ortho nitro benzene ring substituents is 1. The van der Waals surface area contributed by atoms with Crippen molar-refractivity contribution in [3.8, 4) is 0 Å². The first-order chi connectivity index (χ1) is 12.8. The maximum Gasteiger partial charge on any atom is 0.341 e. The number of fused-ring (bicyclic) bond motifs is 1. The van der Waals surface area contributed by atoms with Crippen molar-refractivity contribution in [2.24, 2.45) is 0 Å². The molecule has 8 nitrogen and oxygen atoms in total. The first kappa shape index (κ1) is 19.3. The highest BCUT2D eigenvalue weighted by molar-refractivity contribution is 7.93. The van der Waals surface area contributed by atoms with E-state index in [4.69, 9.17) is 4.74 Å². The molecule has 1 aliphatic carbocycles. The second kappa shape index (κ2) is 7.65.